The molecule has 1 aromatic rings. The average Bonchev–Trinajstić information content (AvgIpc) is 2.36. The monoisotopic (exact) mass is 357 g/mol. The molecule has 0 unspecified atom stereocenters. The van der Waals surface area contributed by atoms with Crippen LogP contribution in [0.5, 0.6) is 0 Å². The first-order chi connectivity index (χ1) is 9.22. The molecule has 0 bridgehead atoms. The molecule has 0 heterocycles. The summed E-state index contributed by atoms with van der Waals surface area (Å²) >= 11 is 1.60. The molecule has 0 aliphatic rings. The van der Waals surface area contributed by atoms with E-state index in [2.05, 4.69) is 0 Å². The van der Waals surface area contributed by atoms with E-state index < -0.39 is 29.8 Å². The second-order valence-electron chi connectivity index (χ2n) is 3.94. The summed E-state index contributed by atoms with van der Waals surface area (Å²) in [6, 6.07) is 8.70. The highest BCUT2D eigenvalue weighted by Crippen LogP contribution is 2.41. The minimum absolute atomic E-state index is 0.0301. The van der Waals surface area contributed by atoms with Crippen molar-refractivity contribution in [1.82, 2.24) is 5.32 Å². The number of rotatable bonds is 6. The standard InChI is InChI=1S/C12H12BrF4NO2/c13-12(16,17)11(14,15)6-7-18-10(19)20-8-9-4-2-1-3-5-9/h1-5H,6-8H2,(H,18,19). The third-order valence-corrected chi connectivity index (χ3v) is 2.92. The zero-order chi connectivity index (χ0) is 15.2. The van der Waals surface area contributed by atoms with Crippen LogP contribution in [-0.2, 0) is 11.3 Å². The number of alkyl halides is 5. The van der Waals surface area contributed by atoms with Gasteiger partial charge in [0.2, 0.25) is 0 Å². The van der Waals surface area contributed by atoms with E-state index in [9.17, 15) is 22.4 Å². The Morgan fingerprint density at radius 3 is 2.35 bits per heavy atom. The van der Waals surface area contributed by atoms with E-state index in [1.165, 1.54) is 0 Å². The van der Waals surface area contributed by atoms with Crippen LogP contribution in [0.3, 0.4) is 0 Å². The van der Waals surface area contributed by atoms with Crippen LogP contribution < -0.4 is 5.32 Å². The van der Waals surface area contributed by atoms with Gasteiger partial charge in [0.1, 0.15) is 6.61 Å². The summed E-state index contributed by atoms with van der Waals surface area (Å²) in [6.45, 7) is -0.653. The van der Waals surface area contributed by atoms with Gasteiger partial charge in [-0.1, -0.05) is 30.3 Å². The molecule has 0 saturated carbocycles. The molecule has 0 aliphatic carbocycles. The van der Waals surface area contributed by atoms with Gasteiger partial charge in [0.15, 0.2) is 0 Å². The van der Waals surface area contributed by atoms with E-state index >= 15 is 0 Å². The highest BCUT2D eigenvalue weighted by molar-refractivity contribution is 9.10. The molecule has 1 N–H and O–H groups in total. The second kappa shape index (κ2) is 6.92. The fourth-order valence-electron chi connectivity index (χ4n) is 1.24. The lowest BCUT2D eigenvalue weighted by Crippen LogP contribution is -2.39. The van der Waals surface area contributed by atoms with Gasteiger partial charge in [0.05, 0.1) is 0 Å². The van der Waals surface area contributed by atoms with Gasteiger partial charge in [-0.2, -0.15) is 17.6 Å². The fourth-order valence-corrected chi connectivity index (χ4v) is 1.44. The Bertz CT molecular complexity index is 437. The Morgan fingerprint density at radius 1 is 1.20 bits per heavy atom. The highest BCUT2D eigenvalue weighted by Gasteiger charge is 2.53. The van der Waals surface area contributed by atoms with Crippen molar-refractivity contribution in [3.63, 3.8) is 0 Å². The molecule has 0 aromatic heterocycles. The quantitative estimate of drug-likeness (QED) is 0.618. The lowest BCUT2D eigenvalue weighted by Gasteiger charge is -2.21. The van der Waals surface area contributed by atoms with Gasteiger partial charge in [0, 0.05) is 13.0 Å². The van der Waals surface area contributed by atoms with Gasteiger partial charge < -0.3 is 10.1 Å². The van der Waals surface area contributed by atoms with Crippen molar-refractivity contribution in [3.05, 3.63) is 35.9 Å². The van der Waals surface area contributed by atoms with Gasteiger partial charge in [-0.3, -0.25) is 0 Å². The van der Waals surface area contributed by atoms with Crippen LogP contribution in [0.4, 0.5) is 22.4 Å². The first-order valence-corrected chi connectivity index (χ1v) is 6.41. The summed E-state index contributed by atoms with van der Waals surface area (Å²) in [4.78, 5) is 6.86. The van der Waals surface area contributed by atoms with Crippen molar-refractivity contribution in [1.29, 1.82) is 0 Å². The van der Waals surface area contributed by atoms with Crippen LogP contribution in [0.1, 0.15) is 12.0 Å². The normalized spacial score (nSPS) is 12.1. The predicted octanol–water partition coefficient (Wildman–Crippen LogP) is 3.93. The SMILES string of the molecule is O=C(NCCC(F)(F)C(F)(F)Br)OCc1ccccc1. The molecule has 0 fully saturated rings. The van der Waals surface area contributed by atoms with Gasteiger partial charge in [0.25, 0.3) is 0 Å². The predicted molar refractivity (Wildman–Crippen MR) is 68.1 cm³/mol. The average molecular weight is 358 g/mol. The molecule has 20 heavy (non-hydrogen) atoms. The Morgan fingerprint density at radius 2 is 1.80 bits per heavy atom. The largest absolute Gasteiger partial charge is 0.445 e. The summed E-state index contributed by atoms with van der Waals surface area (Å²) in [5.41, 5.74) is 0.722. The molecule has 1 amide bonds. The van der Waals surface area contributed by atoms with E-state index in [1.54, 1.807) is 46.3 Å². The molecule has 3 nitrogen and oxygen atoms in total. The van der Waals surface area contributed by atoms with Crippen LogP contribution in [0.2, 0.25) is 0 Å². The summed E-state index contributed by atoms with van der Waals surface area (Å²) in [5, 5.41) is 1.99. The number of hydrogen-bond donors (Lipinski definition) is 1. The zero-order valence-corrected chi connectivity index (χ0v) is 11.8. The van der Waals surface area contributed by atoms with Crippen LogP contribution >= 0.6 is 15.9 Å². The molecular formula is C12H12BrF4NO2. The first kappa shape index (κ1) is 16.7. The molecule has 0 aliphatic heterocycles. The molecule has 0 radical (unpaired) electrons. The van der Waals surface area contributed by atoms with Crippen molar-refractivity contribution < 1.29 is 27.1 Å². The smallest absolute Gasteiger partial charge is 0.407 e. The fraction of sp³-hybridized carbons (Fsp3) is 0.417. The van der Waals surface area contributed by atoms with E-state index in [0.29, 0.717) is 0 Å². The molecule has 0 saturated heterocycles. The topological polar surface area (TPSA) is 38.3 Å². The Balaban J connectivity index is 2.27. The van der Waals surface area contributed by atoms with Crippen molar-refractivity contribution in [2.75, 3.05) is 6.54 Å². The number of benzene rings is 1. The maximum absolute atomic E-state index is 12.8. The van der Waals surface area contributed by atoms with Crippen LogP contribution in [0.15, 0.2) is 30.3 Å². The zero-order valence-electron chi connectivity index (χ0n) is 10.2. The molecule has 1 rings (SSSR count). The number of carbonyl (C=O) groups is 1. The lowest BCUT2D eigenvalue weighted by atomic mass is 10.2. The number of carbonyl (C=O) groups excluding carboxylic acids is 1. The second-order valence-corrected chi connectivity index (χ2v) is 4.94. The summed E-state index contributed by atoms with van der Waals surface area (Å²) in [5.74, 6) is -4.25. The lowest BCUT2D eigenvalue weighted by molar-refractivity contribution is -0.150. The van der Waals surface area contributed by atoms with Gasteiger partial charge >= 0.3 is 16.8 Å². The Kier molecular flexibility index (Phi) is 5.79. The van der Waals surface area contributed by atoms with Gasteiger partial charge in [-0.05, 0) is 21.5 Å². The molecule has 112 valence electrons. The summed E-state index contributed by atoms with van der Waals surface area (Å²) in [6.07, 6.45) is -2.14. The van der Waals surface area contributed by atoms with E-state index in [0.717, 1.165) is 5.56 Å². The minimum Gasteiger partial charge on any atom is -0.445 e. The number of amides is 1. The van der Waals surface area contributed by atoms with Crippen molar-refractivity contribution in [2.45, 2.75) is 23.8 Å². The molecule has 0 spiro atoms. The number of nitrogens with one attached hydrogen (secondary N) is 1. The third-order valence-electron chi connectivity index (χ3n) is 2.34. The van der Waals surface area contributed by atoms with Gasteiger partial charge in [-0.15, -0.1) is 0 Å². The van der Waals surface area contributed by atoms with Crippen molar-refractivity contribution in [2.24, 2.45) is 0 Å². The van der Waals surface area contributed by atoms with Crippen LogP contribution in [0.25, 0.3) is 0 Å². The molecule has 8 heteroatoms. The highest BCUT2D eigenvalue weighted by atomic mass is 79.9. The van der Waals surface area contributed by atoms with E-state index in [1.807, 2.05) is 5.32 Å². The maximum atomic E-state index is 12.8. The number of alkyl carbamates (subject to hydrolysis) is 1. The summed E-state index contributed by atoms with van der Waals surface area (Å²) in [7, 11) is 0. The van der Waals surface area contributed by atoms with E-state index in [-0.39, 0.29) is 6.61 Å². The molecule has 1 aromatic carbocycles. The number of hydrogen-bond acceptors (Lipinski definition) is 2. The van der Waals surface area contributed by atoms with Crippen molar-refractivity contribution in [3.8, 4) is 0 Å². The van der Waals surface area contributed by atoms with E-state index in [4.69, 9.17) is 4.74 Å². The molecular weight excluding hydrogens is 346 g/mol. The number of ether oxygens (including phenoxy) is 1. The minimum atomic E-state index is -4.31. The third kappa shape index (κ3) is 5.36. The van der Waals surface area contributed by atoms with Crippen molar-refractivity contribution >= 4 is 22.0 Å². The molecule has 0 atom stereocenters. The number of halogens is 5. The Hall–Kier alpha value is -1.31. The first-order valence-electron chi connectivity index (χ1n) is 5.61. The Labute approximate surface area is 121 Å². The van der Waals surface area contributed by atoms with Gasteiger partial charge in [-0.25, -0.2) is 4.79 Å². The van der Waals surface area contributed by atoms with Crippen LogP contribution in [0, 0.1) is 0 Å². The van der Waals surface area contributed by atoms with Crippen LogP contribution in [-0.4, -0.2) is 23.4 Å². The summed E-state index contributed by atoms with van der Waals surface area (Å²) < 4.78 is 55.3. The maximum Gasteiger partial charge on any atom is 0.407 e.